The van der Waals surface area contributed by atoms with Gasteiger partial charge in [-0.3, -0.25) is 4.79 Å². The lowest BCUT2D eigenvalue weighted by molar-refractivity contribution is -0.285. The zero-order valence-electron chi connectivity index (χ0n) is 8.31. The molecule has 16 heavy (non-hydrogen) atoms. The van der Waals surface area contributed by atoms with Crippen molar-refractivity contribution in [3.05, 3.63) is 0 Å². The van der Waals surface area contributed by atoms with E-state index < -0.39 is 42.6 Å². The molecular formula is C8H12O8. The van der Waals surface area contributed by atoms with Crippen LogP contribution in [0.2, 0.25) is 0 Å². The van der Waals surface area contributed by atoms with E-state index >= 15 is 0 Å². The minimum absolute atomic E-state index is 0.809. The first-order chi connectivity index (χ1) is 7.34. The number of aliphatic hydroxyl groups excluding tert-OH is 3. The second-order valence-electron chi connectivity index (χ2n) is 3.34. The van der Waals surface area contributed by atoms with Gasteiger partial charge in [-0.1, -0.05) is 0 Å². The van der Waals surface area contributed by atoms with Crippen molar-refractivity contribution in [3.8, 4) is 0 Å². The minimum Gasteiger partial charge on any atom is -0.479 e. The molecule has 0 aromatic rings. The number of ether oxygens (including phenoxy) is 2. The molecule has 1 aliphatic heterocycles. The smallest absolute Gasteiger partial charge is 0.335 e. The van der Waals surface area contributed by atoms with Gasteiger partial charge in [-0.2, -0.15) is 0 Å². The number of esters is 1. The fourth-order valence-electron chi connectivity index (χ4n) is 1.31. The standard InChI is InChI=1S/C8H12O8/c1-2(9)15-8-5(12)3(10)4(11)6(16-8)7(13)14/h3-6,8,10-12H,1H3,(H,13,14)/t3-,4?,5+,6?,8-/m1/s1. The molecule has 1 rings (SSSR count). The summed E-state index contributed by atoms with van der Waals surface area (Å²) in [6.07, 6.45) is -8.63. The van der Waals surface area contributed by atoms with Crippen LogP contribution in [0.5, 0.6) is 0 Å². The van der Waals surface area contributed by atoms with Gasteiger partial charge in [-0.25, -0.2) is 4.79 Å². The Labute approximate surface area is 90.0 Å². The summed E-state index contributed by atoms with van der Waals surface area (Å²) in [6.45, 7) is 1.03. The molecule has 0 amide bonds. The number of hydrogen-bond donors (Lipinski definition) is 4. The molecule has 8 heteroatoms. The van der Waals surface area contributed by atoms with E-state index in [1.54, 1.807) is 0 Å². The van der Waals surface area contributed by atoms with E-state index in [2.05, 4.69) is 9.47 Å². The molecule has 5 atom stereocenters. The number of hydrogen-bond acceptors (Lipinski definition) is 7. The molecule has 0 spiro atoms. The maximum atomic E-state index is 10.6. The predicted molar refractivity (Wildman–Crippen MR) is 46.1 cm³/mol. The SMILES string of the molecule is CC(=O)O[C@@H]1OC(C(=O)O)C(O)[C@@H](O)[C@@H]1O. The summed E-state index contributed by atoms with van der Waals surface area (Å²) in [7, 11) is 0. The molecule has 4 N–H and O–H groups in total. The van der Waals surface area contributed by atoms with Crippen molar-refractivity contribution in [3.63, 3.8) is 0 Å². The number of rotatable bonds is 2. The molecule has 92 valence electrons. The van der Waals surface area contributed by atoms with Gasteiger partial charge in [-0.05, 0) is 0 Å². The van der Waals surface area contributed by atoms with E-state index in [0.29, 0.717) is 0 Å². The molecule has 0 saturated carbocycles. The maximum absolute atomic E-state index is 10.6. The van der Waals surface area contributed by atoms with Crippen LogP contribution in [-0.4, -0.2) is 63.1 Å². The third-order valence-electron chi connectivity index (χ3n) is 2.10. The molecule has 0 bridgehead atoms. The van der Waals surface area contributed by atoms with Crippen LogP contribution in [0.15, 0.2) is 0 Å². The highest BCUT2D eigenvalue weighted by Crippen LogP contribution is 2.22. The lowest BCUT2D eigenvalue weighted by atomic mass is 9.99. The number of carbonyl (C=O) groups is 2. The molecular weight excluding hydrogens is 224 g/mol. The van der Waals surface area contributed by atoms with Crippen molar-refractivity contribution < 1.29 is 39.5 Å². The van der Waals surface area contributed by atoms with Gasteiger partial charge in [0.15, 0.2) is 6.10 Å². The normalized spacial score (nSPS) is 39.1. The summed E-state index contributed by atoms with van der Waals surface area (Å²) in [5.41, 5.74) is 0. The second-order valence-corrected chi connectivity index (χ2v) is 3.34. The van der Waals surface area contributed by atoms with Crippen LogP contribution < -0.4 is 0 Å². The highest BCUT2D eigenvalue weighted by atomic mass is 16.7. The predicted octanol–water partition coefficient (Wildman–Crippen LogP) is -2.56. The number of carboxylic acids is 1. The van der Waals surface area contributed by atoms with E-state index in [4.69, 9.17) is 5.11 Å². The topological polar surface area (TPSA) is 134 Å². The molecule has 0 radical (unpaired) electrons. The van der Waals surface area contributed by atoms with Crippen LogP contribution in [0, 0.1) is 0 Å². The van der Waals surface area contributed by atoms with Crippen LogP contribution in [0.4, 0.5) is 0 Å². The van der Waals surface area contributed by atoms with Crippen molar-refractivity contribution in [2.24, 2.45) is 0 Å². The van der Waals surface area contributed by atoms with Gasteiger partial charge >= 0.3 is 11.9 Å². The van der Waals surface area contributed by atoms with E-state index in [9.17, 15) is 24.9 Å². The molecule has 0 aromatic carbocycles. The Hall–Kier alpha value is -1.22. The number of aliphatic carboxylic acids is 1. The van der Waals surface area contributed by atoms with Crippen molar-refractivity contribution in [1.29, 1.82) is 0 Å². The highest BCUT2D eigenvalue weighted by molar-refractivity contribution is 5.73. The van der Waals surface area contributed by atoms with Crippen LogP contribution in [0.3, 0.4) is 0 Å². The van der Waals surface area contributed by atoms with Crippen LogP contribution in [-0.2, 0) is 19.1 Å². The van der Waals surface area contributed by atoms with Gasteiger partial charge in [0.25, 0.3) is 0 Å². The Kier molecular flexibility index (Phi) is 3.81. The molecule has 8 nitrogen and oxygen atoms in total. The minimum atomic E-state index is -1.79. The fraction of sp³-hybridized carbons (Fsp3) is 0.750. The molecule has 1 aliphatic rings. The summed E-state index contributed by atoms with van der Waals surface area (Å²) in [5.74, 6) is -2.34. The Morgan fingerprint density at radius 1 is 1.12 bits per heavy atom. The van der Waals surface area contributed by atoms with Crippen molar-refractivity contribution in [1.82, 2.24) is 0 Å². The van der Waals surface area contributed by atoms with Crippen LogP contribution in [0.1, 0.15) is 6.92 Å². The Bertz CT molecular complexity index is 288. The number of carboxylic acid groups (broad SMARTS) is 1. The molecule has 1 heterocycles. The lowest BCUT2D eigenvalue weighted by Crippen LogP contribution is -2.60. The molecule has 0 aromatic heterocycles. The average molecular weight is 236 g/mol. The quantitative estimate of drug-likeness (QED) is 0.385. The Morgan fingerprint density at radius 2 is 1.69 bits per heavy atom. The van der Waals surface area contributed by atoms with Crippen LogP contribution in [0.25, 0.3) is 0 Å². The lowest BCUT2D eigenvalue weighted by Gasteiger charge is -2.37. The van der Waals surface area contributed by atoms with Gasteiger partial charge < -0.3 is 29.9 Å². The van der Waals surface area contributed by atoms with Crippen molar-refractivity contribution >= 4 is 11.9 Å². The monoisotopic (exact) mass is 236 g/mol. The Morgan fingerprint density at radius 3 is 2.12 bits per heavy atom. The summed E-state index contributed by atoms with van der Waals surface area (Å²) in [5, 5.41) is 36.6. The third kappa shape index (κ3) is 2.47. The Balaban J connectivity index is 2.80. The molecule has 0 aliphatic carbocycles. The first-order valence-corrected chi connectivity index (χ1v) is 4.44. The van der Waals surface area contributed by atoms with Gasteiger partial charge in [0, 0.05) is 6.92 Å². The molecule has 1 fully saturated rings. The van der Waals surface area contributed by atoms with Crippen LogP contribution >= 0.6 is 0 Å². The van der Waals surface area contributed by atoms with E-state index in [-0.39, 0.29) is 0 Å². The van der Waals surface area contributed by atoms with Crippen molar-refractivity contribution in [2.75, 3.05) is 0 Å². The third-order valence-corrected chi connectivity index (χ3v) is 2.10. The van der Waals surface area contributed by atoms with E-state index in [1.165, 1.54) is 0 Å². The molecule has 1 saturated heterocycles. The van der Waals surface area contributed by atoms with Gasteiger partial charge in [-0.15, -0.1) is 0 Å². The average Bonchev–Trinajstić information content (AvgIpc) is 2.18. The zero-order chi connectivity index (χ0) is 12.5. The summed E-state index contributed by atoms with van der Waals surface area (Å²) >= 11 is 0. The summed E-state index contributed by atoms with van der Waals surface area (Å²) in [6, 6.07) is 0. The van der Waals surface area contributed by atoms with E-state index in [0.717, 1.165) is 6.92 Å². The van der Waals surface area contributed by atoms with Crippen molar-refractivity contribution in [2.45, 2.75) is 37.6 Å². The van der Waals surface area contributed by atoms with Gasteiger partial charge in [0.05, 0.1) is 0 Å². The number of aliphatic hydroxyl groups is 3. The maximum Gasteiger partial charge on any atom is 0.335 e. The highest BCUT2D eigenvalue weighted by Gasteiger charge is 2.48. The number of carbonyl (C=O) groups excluding carboxylic acids is 1. The summed E-state index contributed by atoms with van der Waals surface area (Å²) in [4.78, 5) is 21.2. The van der Waals surface area contributed by atoms with E-state index in [1.807, 2.05) is 0 Å². The second kappa shape index (κ2) is 4.74. The summed E-state index contributed by atoms with van der Waals surface area (Å²) < 4.78 is 9.11. The van der Waals surface area contributed by atoms with Gasteiger partial charge in [0.2, 0.25) is 6.29 Å². The fourth-order valence-corrected chi connectivity index (χ4v) is 1.31. The first-order valence-electron chi connectivity index (χ1n) is 4.44. The molecule has 2 unspecified atom stereocenters. The van der Waals surface area contributed by atoms with Gasteiger partial charge in [0.1, 0.15) is 18.3 Å². The zero-order valence-corrected chi connectivity index (χ0v) is 8.31. The largest absolute Gasteiger partial charge is 0.479 e. The first kappa shape index (κ1) is 12.8.